The van der Waals surface area contributed by atoms with Crippen LogP contribution in [0, 0.1) is 11.3 Å². The molecule has 1 aromatic heterocycles. The number of H-pyrrole nitrogens is 1. The number of fused-ring (bicyclic) bond motifs is 1. The lowest BCUT2D eigenvalue weighted by Gasteiger charge is -2.00. The molecule has 2 N–H and O–H groups in total. The largest absolute Gasteiger partial charge is 0.387 e. The molecule has 0 bridgehead atoms. The van der Waals surface area contributed by atoms with Gasteiger partial charge in [0.1, 0.15) is 11.6 Å². The minimum Gasteiger partial charge on any atom is -0.387 e. The van der Waals surface area contributed by atoms with Crippen molar-refractivity contribution < 1.29 is 0 Å². The maximum absolute atomic E-state index is 9.26. The molecule has 84 valence electrons. The van der Waals surface area contributed by atoms with Gasteiger partial charge in [0.2, 0.25) is 0 Å². The molecule has 2 heterocycles. The average Bonchev–Trinajstić information content (AvgIpc) is 2.98. The van der Waals surface area contributed by atoms with Crippen LogP contribution in [0.5, 0.6) is 0 Å². The van der Waals surface area contributed by atoms with Crippen molar-refractivity contribution in [3.8, 4) is 6.07 Å². The lowest BCUT2D eigenvalue weighted by atomic mass is 10.2. The molecule has 3 rings (SSSR count). The summed E-state index contributed by atoms with van der Waals surface area (Å²) in [4.78, 5) is 7.64. The van der Waals surface area contributed by atoms with Gasteiger partial charge in [0.15, 0.2) is 5.82 Å². The number of benzene rings is 1. The highest BCUT2D eigenvalue weighted by Gasteiger charge is 2.16. The molecule has 0 saturated carbocycles. The van der Waals surface area contributed by atoms with Crippen molar-refractivity contribution in [3.05, 3.63) is 35.8 Å². The van der Waals surface area contributed by atoms with E-state index < -0.39 is 0 Å². The first-order valence-electron chi connectivity index (χ1n) is 5.71. The van der Waals surface area contributed by atoms with Gasteiger partial charge in [0, 0.05) is 12.2 Å². The maximum Gasteiger partial charge on any atom is 0.150 e. The standard InChI is InChI=1S/C13H12N4/c14-8-9(10-6-3-7-15-10)13-16-11-4-1-2-5-12(11)17-13/h1-2,4-5,15H,3,6-7H2,(H,16,17)/b10-9+. The second kappa shape index (κ2) is 3.95. The molecule has 4 nitrogen and oxygen atoms in total. The molecule has 4 heteroatoms. The van der Waals surface area contributed by atoms with E-state index >= 15 is 0 Å². The normalized spacial score (nSPS) is 17.8. The van der Waals surface area contributed by atoms with Crippen LogP contribution in [-0.2, 0) is 0 Å². The highest BCUT2D eigenvalue weighted by molar-refractivity contribution is 5.83. The summed E-state index contributed by atoms with van der Waals surface area (Å²) < 4.78 is 0. The van der Waals surface area contributed by atoms with Crippen LogP contribution in [0.3, 0.4) is 0 Å². The molecule has 17 heavy (non-hydrogen) atoms. The third kappa shape index (κ3) is 1.66. The number of hydrogen-bond donors (Lipinski definition) is 2. The molecule has 0 amide bonds. The molecule has 1 fully saturated rings. The third-order valence-corrected chi connectivity index (χ3v) is 2.98. The minimum atomic E-state index is 0.638. The molecule has 1 aliphatic rings. The second-order valence-electron chi connectivity index (χ2n) is 4.10. The van der Waals surface area contributed by atoms with E-state index in [4.69, 9.17) is 0 Å². The van der Waals surface area contributed by atoms with E-state index in [0.717, 1.165) is 36.1 Å². The number of hydrogen-bond acceptors (Lipinski definition) is 3. The third-order valence-electron chi connectivity index (χ3n) is 2.98. The monoisotopic (exact) mass is 224 g/mol. The van der Waals surface area contributed by atoms with Gasteiger partial charge in [0.05, 0.1) is 11.0 Å². The van der Waals surface area contributed by atoms with Gasteiger partial charge >= 0.3 is 0 Å². The Kier molecular flexibility index (Phi) is 2.30. The van der Waals surface area contributed by atoms with Crippen molar-refractivity contribution in [1.82, 2.24) is 15.3 Å². The number of para-hydroxylation sites is 2. The van der Waals surface area contributed by atoms with Crippen LogP contribution in [0.1, 0.15) is 18.7 Å². The molecule has 1 aliphatic heterocycles. The number of nitrogens with zero attached hydrogens (tertiary/aromatic N) is 2. The Morgan fingerprint density at radius 2 is 2.24 bits per heavy atom. The highest BCUT2D eigenvalue weighted by atomic mass is 15.0. The fourth-order valence-electron chi connectivity index (χ4n) is 2.14. The summed E-state index contributed by atoms with van der Waals surface area (Å²) >= 11 is 0. The van der Waals surface area contributed by atoms with Gasteiger partial charge in [-0.3, -0.25) is 0 Å². The summed E-state index contributed by atoms with van der Waals surface area (Å²) in [5, 5.41) is 12.5. The lowest BCUT2D eigenvalue weighted by Crippen LogP contribution is -2.06. The number of rotatable bonds is 1. The first kappa shape index (κ1) is 9.91. The van der Waals surface area contributed by atoms with E-state index in [1.165, 1.54) is 0 Å². The van der Waals surface area contributed by atoms with Gasteiger partial charge in [-0.2, -0.15) is 5.26 Å². The Hall–Kier alpha value is -2.28. The smallest absolute Gasteiger partial charge is 0.150 e. The fraction of sp³-hybridized carbons (Fsp3) is 0.231. The Morgan fingerprint density at radius 3 is 2.94 bits per heavy atom. The Morgan fingerprint density at radius 1 is 1.35 bits per heavy atom. The lowest BCUT2D eigenvalue weighted by molar-refractivity contribution is 0.904. The highest BCUT2D eigenvalue weighted by Crippen LogP contribution is 2.22. The van der Waals surface area contributed by atoms with E-state index in [1.54, 1.807) is 0 Å². The van der Waals surface area contributed by atoms with E-state index in [9.17, 15) is 5.26 Å². The van der Waals surface area contributed by atoms with Crippen molar-refractivity contribution in [2.24, 2.45) is 0 Å². The zero-order valence-corrected chi connectivity index (χ0v) is 9.33. The van der Waals surface area contributed by atoms with Crippen molar-refractivity contribution >= 4 is 16.6 Å². The first-order chi connectivity index (χ1) is 8.38. The summed E-state index contributed by atoms with van der Waals surface area (Å²) in [5.74, 6) is 0.665. The molecular weight excluding hydrogens is 212 g/mol. The van der Waals surface area contributed by atoms with Crippen LogP contribution < -0.4 is 5.32 Å². The van der Waals surface area contributed by atoms with Gasteiger partial charge in [-0.1, -0.05) is 12.1 Å². The van der Waals surface area contributed by atoms with Crippen molar-refractivity contribution in [3.63, 3.8) is 0 Å². The molecule has 1 aromatic carbocycles. The van der Waals surface area contributed by atoms with Crippen LogP contribution in [0.15, 0.2) is 30.0 Å². The van der Waals surface area contributed by atoms with Crippen molar-refractivity contribution in [1.29, 1.82) is 5.26 Å². The van der Waals surface area contributed by atoms with E-state index in [2.05, 4.69) is 21.4 Å². The SMILES string of the molecule is N#C/C(=C1/CCCN1)c1nc2ccccc2[nH]1. The summed E-state index contributed by atoms with van der Waals surface area (Å²) in [7, 11) is 0. The molecule has 0 radical (unpaired) electrons. The van der Waals surface area contributed by atoms with Crippen LogP contribution in [0.25, 0.3) is 16.6 Å². The number of aromatic nitrogens is 2. The second-order valence-corrected chi connectivity index (χ2v) is 4.10. The number of allylic oxidation sites excluding steroid dienone is 2. The summed E-state index contributed by atoms with van der Waals surface area (Å²) in [5.41, 5.74) is 3.51. The first-order valence-corrected chi connectivity index (χ1v) is 5.71. The predicted octanol–water partition coefficient (Wildman–Crippen LogP) is 2.18. The van der Waals surface area contributed by atoms with Gasteiger partial charge < -0.3 is 10.3 Å². The topological polar surface area (TPSA) is 64.5 Å². The average molecular weight is 224 g/mol. The van der Waals surface area contributed by atoms with Crippen LogP contribution in [-0.4, -0.2) is 16.5 Å². The van der Waals surface area contributed by atoms with Crippen molar-refractivity contribution in [2.45, 2.75) is 12.8 Å². The van der Waals surface area contributed by atoms with Gasteiger partial charge in [-0.25, -0.2) is 4.98 Å². The fourth-order valence-corrected chi connectivity index (χ4v) is 2.14. The van der Waals surface area contributed by atoms with Crippen LogP contribution in [0.2, 0.25) is 0 Å². The molecule has 0 atom stereocenters. The van der Waals surface area contributed by atoms with Gasteiger partial charge in [-0.15, -0.1) is 0 Å². The molecular formula is C13H12N4. The zero-order valence-electron chi connectivity index (χ0n) is 9.33. The van der Waals surface area contributed by atoms with E-state index in [1.807, 2.05) is 24.3 Å². The summed E-state index contributed by atoms with van der Waals surface area (Å²) in [6, 6.07) is 10.1. The van der Waals surface area contributed by atoms with Crippen LogP contribution >= 0.6 is 0 Å². The van der Waals surface area contributed by atoms with Crippen molar-refractivity contribution in [2.75, 3.05) is 6.54 Å². The molecule has 0 spiro atoms. The van der Waals surface area contributed by atoms with Crippen LogP contribution in [0.4, 0.5) is 0 Å². The number of nitrogens with one attached hydrogen (secondary N) is 2. The van der Waals surface area contributed by atoms with E-state index in [-0.39, 0.29) is 0 Å². The quantitative estimate of drug-likeness (QED) is 0.730. The number of aromatic amines is 1. The molecule has 0 aliphatic carbocycles. The Labute approximate surface area is 99.0 Å². The molecule has 2 aromatic rings. The summed E-state index contributed by atoms with van der Waals surface area (Å²) in [6.45, 7) is 0.945. The van der Waals surface area contributed by atoms with Gasteiger partial charge in [0.25, 0.3) is 0 Å². The molecule has 1 saturated heterocycles. The Balaban J connectivity index is 2.14. The minimum absolute atomic E-state index is 0.638. The Bertz CT molecular complexity index is 589. The maximum atomic E-state index is 9.26. The summed E-state index contributed by atoms with van der Waals surface area (Å²) in [6.07, 6.45) is 2.01. The predicted molar refractivity (Wildman–Crippen MR) is 65.9 cm³/mol. The zero-order chi connectivity index (χ0) is 11.7. The number of nitriles is 1. The van der Waals surface area contributed by atoms with Gasteiger partial charge in [-0.05, 0) is 25.0 Å². The molecule has 0 unspecified atom stereocenters. The number of imidazole rings is 1. The van der Waals surface area contributed by atoms with E-state index in [0.29, 0.717) is 11.4 Å².